The van der Waals surface area contributed by atoms with E-state index < -0.39 is 0 Å². The van der Waals surface area contributed by atoms with Crippen molar-refractivity contribution < 1.29 is 19.0 Å². The zero-order valence-corrected chi connectivity index (χ0v) is 15.2. The van der Waals surface area contributed by atoms with Gasteiger partial charge in [-0.05, 0) is 39.8 Å². The van der Waals surface area contributed by atoms with Crippen LogP contribution in [0.25, 0.3) is 0 Å². The Labute approximate surface area is 147 Å². The summed E-state index contributed by atoms with van der Waals surface area (Å²) in [6.45, 7) is 9.75. The van der Waals surface area contributed by atoms with Crippen molar-refractivity contribution in [3.05, 3.63) is 30.1 Å². The number of aromatic nitrogens is 2. The number of carbonyl (C=O) groups excluding carboxylic acids is 1. The van der Waals surface area contributed by atoms with Crippen molar-refractivity contribution in [2.24, 2.45) is 0 Å². The zero-order valence-electron chi connectivity index (χ0n) is 15.2. The van der Waals surface area contributed by atoms with Crippen LogP contribution in [0, 0.1) is 0 Å². The molecule has 2 aromatic rings. The molecule has 0 aliphatic heterocycles. The summed E-state index contributed by atoms with van der Waals surface area (Å²) in [4.78, 5) is 12.6. The molecule has 0 fully saturated rings. The molecule has 0 radical (unpaired) electrons. The topological polar surface area (TPSA) is 74.6 Å². The number of anilines is 1. The van der Waals surface area contributed by atoms with Gasteiger partial charge in [0.2, 0.25) is 5.75 Å². The molecule has 0 saturated carbocycles. The number of aryl methyl sites for hydroxylation is 1. The Bertz CT molecular complexity index is 685. The lowest BCUT2D eigenvalue weighted by atomic mass is 10.1. The predicted molar refractivity (Wildman–Crippen MR) is 95.8 cm³/mol. The molecule has 1 aromatic carbocycles. The molecule has 0 bridgehead atoms. The van der Waals surface area contributed by atoms with Gasteiger partial charge in [0.15, 0.2) is 11.5 Å². The summed E-state index contributed by atoms with van der Waals surface area (Å²) in [5, 5.41) is 6.98. The van der Waals surface area contributed by atoms with E-state index in [2.05, 4.69) is 10.4 Å². The van der Waals surface area contributed by atoms with Gasteiger partial charge in [0.1, 0.15) is 0 Å². The number of hydrogen-bond acceptors (Lipinski definition) is 5. The minimum atomic E-state index is -0.263. The SMILES string of the molecule is CCOc1cc(C(=O)Nc2cnn(CC)c2)cc(OCC)c1OCC. The second-order valence-electron chi connectivity index (χ2n) is 5.14. The molecule has 0 aliphatic rings. The lowest BCUT2D eigenvalue weighted by Crippen LogP contribution is -2.13. The van der Waals surface area contributed by atoms with Crippen LogP contribution in [0.15, 0.2) is 24.5 Å². The third-order valence-corrected chi connectivity index (χ3v) is 3.39. The maximum Gasteiger partial charge on any atom is 0.256 e. The third kappa shape index (κ3) is 4.65. The van der Waals surface area contributed by atoms with E-state index in [1.807, 2.05) is 27.7 Å². The molecular formula is C18H25N3O4. The van der Waals surface area contributed by atoms with Crippen LogP contribution in [0.1, 0.15) is 38.1 Å². The number of nitrogens with one attached hydrogen (secondary N) is 1. The van der Waals surface area contributed by atoms with Crippen molar-refractivity contribution in [2.75, 3.05) is 25.1 Å². The molecule has 7 heteroatoms. The third-order valence-electron chi connectivity index (χ3n) is 3.39. The molecule has 0 aliphatic carbocycles. The molecule has 0 spiro atoms. The van der Waals surface area contributed by atoms with E-state index >= 15 is 0 Å². The number of carbonyl (C=O) groups is 1. The number of rotatable bonds is 9. The van der Waals surface area contributed by atoms with Crippen molar-refractivity contribution in [3.63, 3.8) is 0 Å². The standard InChI is InChI=1S/C18H25N3O4/c1-5-21-12-14(11-19-21)20-18(22)13-9-15(23-6-2)17(25-8-4)16(10-13)24-7-3/h9-12H,5-8H2,1-4H3,(H,20,22). The van der Waals surface area contributed by atoms with Crippen LogP contribution >= 0.6 is 0 Å². The molecular weight excluding hydrogens is 322 g/mol. The predicted octanol–water partition coefficient (Wildman–Crippen LogP) is 3.35. The lowest BCUT2D eigenvalue weighted by Gasteiger charge is -2.17. The van der Waals surface area contributed by atoms with Gasteiger partial charge in [-0.1, -0.05) is 0 Å². The number of nitrogens with zero attached hydrogens (tertiary/aromatic N) is 2. The maximum absolute atomic E-state index is 12.6. The maximum atomic E-state index is 12.6. The molecule has 0 atom stereocenters. The van der Waals surface area contributed by atoms with Crippen LogP contribution in [0.3, 0.4) is 0 Å². The lowest BCUT2D eigenvalue weighted by molar-refractivity contribution is 0.102. The number of ether oxygens (including phenoxy) is 3. The van der Waals surface area contributed by atoms with Gasteiger partial charge in [-0.25, -0.2) is 0 Å². The van der Waals surface area contributed by atoms with E-state index in [1.165, 1.54) is 0 Å². The summed E-state index contributed by atoms with van der Waals surface area (Å²) < 4.78 is 18.7. The first-order valence-corrected chi connectivity index (χ1v) is 8.53. The van der Waals surface area contributed by atoms with Crippen molar-refractivity contribution in [1.29, 1.82) is 0 Å². The van der Waals surface area contributed by atoms with Crippen LogP contribution in [0.4, 0.5) is 5.69 Å². The molecule has 2 rings (SSSR count). The summed E-state index contributed by atoms with van der Waals surface area (Å²) in [7, 11) is 0. The Morgan fingerprint density at radius 1 is 1.04 bits per heavy atom. The van der Waals surface area contributed by atoms with E-state index in [4.69, 9.17) is 14.2 Å². The van der Waals surface area contributed by atoms with Crippen molar-refractivity contribution in [2.45, 2.75) is 34.2 Å². The number of hydrogen-bond donors (Lipinski definition) is 1. The van der Waals surface area contributed by atoms with E-state index in [1.54, 1.807) is 29.2 Å². The van der Waals surface area contributed by atoms with Crippen LogP contribution in [-0.4, -0.2) is 35.5 Å². The minimum absolute atomic E-state index is 0.263. The molecule has 136 valence electrons. The van der Waals surface area contributed by atoms with Crippen LogP contribution in [0.2, 0.25) is 0 Å². The van der Waals surface area contributed by atoms with Gasteiger partial charge >= 0.3 is 0 Å². The highest BCUT2D eigenvalue weighted by Gasteiger charge is 2.18. The van der Waals surface area contributed by atoms with Gasteiger partial charge in [0.05, 0.1) is 31.7 Å². The Morgan fingerprint density at radius 3 is 2.12 bits per heavy atom. The fourth-order valence-electron chi connectivity index (χ4n) is 2.32. The van der Waals surface area contributed by atoms with Crippen molar-refractivity contribution in [3.8, 4) is 17.2 Å². The summed E-state index contributed by atoms with van der Waals surface area (Å²) in [6.07, 6.45) is 3.39. The summed E-state index contributed by atoms with van der Waals surface area (Å²) in [6, 6.07) is 3.33. The highest BCUT2D eigenvalue weighted by molar-refractivity contribution is 6.05. The monoisotopic (exact) mass is 347 g/mol. The fourth-order valence-corrected chi connectivity index (χ4v) is 2.32. The fraction of sp³-hybridized carbons (Fsp3) is 0.444. The Balaban J connectivity index is 2.33. The van der Waals surface area contributed by atoms with E-state index in [9.17, 15) is 4.79 Å². The van der Waals surface area contributed by atoms with Gasteiger partial charge < -0.3 is 19.5 Å². The molecule has 1 N–H and O–H groups in total. The van der Waals surface area contributed by atoms with Gasteiger partial charge in [0, 0.05) is 18.3 Å². The first-order chi connectivity index (χ1) is 12.1. The molecule has 25 heavy (non-hydrogen) atoms. The Morgan fingerprint density at radius 2 is 1.64 bits per heavy atom. The Kier molecular flexibility index (Phi) is 6.68. The van der Waals surface area contributed by atoms with Crippen molar-refractivity contribution in [1.82, 2.24) is 9.78 Å². The van der Waals surface area contributed by atoms with E-state index in [-0.39, 0.29) is 5.91 Å². The molecule has 0 unspecified atom stereocenters. The van der Waals surface area contributed by atoms with Crippen LogP contribution < -0.4 is 19.5 Å². The molecule has 1 aromatic heterocycles. The van der Waals surface area contributed by atoms with E-state index in [0.29, 0.717) is 48.3 Å². The highest BCUT2D eigenvalue weighted by Crippen LogP contribution is 2.39. The second-order valence-corrected chi connectivity index (χ2v) is 5.14. The first-order valence-electron chi connectivity index (χ1n) is 8.53. The quantitative estimate of drug-likeness (QED) is 0.753. The normalized spacial score (nSPS) is 10.4. The minimum Gasteiger partial charge on any atom is -0.490 e. The van der Waals surface area contributed by atoms with Gasteiger partial charge in [-0.3, -0.25) is 9.48 Å². The van der Waals surface area contributed by atoms with Gasteiger partial charge in [-0.15, -0.1) is 0 Å². The van der Waals surface area contributed by atoms with Crippen molar-refractivity contribution >= 4 is 11.6 Å². The smallest absolute Gasteiger partial charge is 0.256 e. The van der Waals surface area contributed by atoms with E-state index in [0.717, 1.165) is 6.54 Å². The summed E-state index contributed by atoms with van der Waals surface area (Å²) >= 11 is 0. The largest absolute Gasteiger partial charge is 0.490 e. The number of benzene rings is 1. The first kappa shape index (κ1) is 18.6. The molecule has 7 nitrogen and oxygen atoms in total. The highest BCUT2D eigenvalue weighted by atomic mass is 16.5. The molecule has 0 saturated heterocycles. The van der Waals surface area contributed by atoms with Crippen LogP contribution in [-0.2, 0) is 6.54 Å². The number of amides is 1. The zero-order chi connectivity index (χ0) is 18.2. The van der Waals surface area contributed by atoms with Crippen LogP contribution in [0.5, 0.6) is 17.2 Å². The Hall–Kier alpha value is -2.70. The van der Waals surface area contributed by atoms with Gasteiger partial charge in [-0.2, -0.15) is 5.10 Å². The summed E-state index contributed by atoms with van der Waals surface area (Å²) in [5.41, 5.74) is 1.07. The molecule has 1 heterocycles. The average molecular weight is 347 g/mol. The average Bonchev–Trinajstić information content (AvgIpc) is 3.05. The molecule has 1 amide bonds. The van der Waals surface area contributed by atoms with Gasteiger partial charge in [0.25, 0.3) is 5.91 Å². The second kappa shape index (κ2) is 8.96. The summed E-state index contributed by atoms with van der Waals surface area (Å²) in [5.74, 6) is 1.23.